The van der Waals surface area contributed by atoms with Gasteiger partial charge in [0.05, 0.1) is 6.61 Å². The molecule has 1 heterocycles. The Morgan fingerprint density at radius 2 is 1.15 bits per heavy atom. The normalized spacial score (nSPS) is 21.5. The number of hydrogen-bond donors (Lipinski definition) is 4. The third kappa shape index (κ3) is 25.2. The number of hydrogen-bond acceptors (Lipinski definition) is 11. The summed E-state index contributed by atoms with van der Waals surface area (Å²) >= 11 is 0. The van der Waals surface area contributed by atoms with Crippen molar-refractivity contribution in [2.75, 3.05) is 19.0 Å². The highest BCUT2D eigenvalue weighted by molar-refractivity contribution is 7.85. The van der Waals surface area contributed by atoms with E-state index in [4.69, 9.17) is 18.9 Å². The Balaban J connectivity index is 2.44. The van der Waals surface area contributed by atoms with Gasteiger partial charge in [0.2, 0.25) is 0 Å². The Hall–Kier alpha value is -1.87. The first-order valence-corrected chi connectivity index (χ1v) is 21.5. The molecule has 2 unspecified atom stereocenters. The number of rotatable bonds is 32. The van der Waals surface area contributed by atoms with E-state index in [1.165, 1.54) is 44.9 Å². The molecule has 1 rings (SSSR count). The van der Waals surface area contributed by atoms with Crippen molar-refractivity contribution in [3.8, 4) is 0 Å². The highest BCUT2D eigenvalue weighted by Crippen LogP contribution is 2.24. The van der Waals surface area contributed by atoms with Gasteiger partial charge in [-0.05, 0) is 44.9 Å². The summed E-state index contributed by atoms with van der Waals surface area (Å²) < 4.78 is 53.7. The van der Waals surface area contributed by atoms with Crippen LogP contribution < -0.4 is 0 Å². The van der Waals surface area contributed by atoms with Crippen LogP contribution in [-0.4, -0.2) is 96.0 Å². The summed E-state index contributed by atoms with van der Waals surface area (Å²) in [7, 11) is -4.59. The van der Waals surface area contributed by atoms with Crippen molar-refractivity contribution in [2.24, 2.45) is 0 Å². The molecule has 1 aliphatic rings. The molecule has 0 spiro atoms. The van der Waals surface area contributed by atoms with Gasteiger partial charge in [0.25, 0.3) is 10.1 Å². The predicted octanol–water partition coefficient (Wildman–Crippen LogP) is 6.89. The largest absolute Gasteiger partial charge is 0.462 e. The van der Waals surface area contributed by atoms with Crippen LogP contribution in [0.1, 0.15) is 155 Å². The van der Waals surface area contributed by atoms with Crippen LogP contribution in [0.3, 0.4) is 0 Å². The van der Waals surface area contributed by atoms with Crippen molar-refractivity contribution in [2.45, 2.75) is 192 Å². The maximum Gasteiger partial charge on any atom is 0.306 e. The Morgan fingerprint density at radius 3 is 1.73 bits per heavy atom. The first-order valence-electron chi connectivity index (χ1n) is 19.9. The van der Waals surface area contributed by atoms with Gasteiger partial charge in [-0.15, -0.1) is 0 Å². The van der Waals surface area contributed by atoms with E-state index in [-0.39, 0.29) is 19.4 Å². The summed E-state index contributed by atoms with van der Waals surface area (Å²) in [6, 6.07) is 0. The molecule has 0 radical (unpaired) electrons. The lowest BCUT2D eigenvalue weighted by atomic mass is 10.00. The summed E-state index contributed by atoms with van der Waals surface area (Å²) in [5.41, 5.74) is 0. The second kappa shape index (κ2) is 30.5. The number of carbonyl (C=O) groups excluding carboxylic acids is 2. The van der Waals surface area contributed by atoms with Crippen LogP contribution in [0.2, 0.25) is 0 Å². The Kier molecular flexibility index (Phi) is 28.2. The molecule has 4 N–H and O–H groups in total. The van der Waals surface area contributed by atoms with Crippen molar-refractivity contribution >= 4 is 22.1 Å². The standard InChI is InChI=1S/C39H70O12S/c1-3-5-7-9-11-12-13-14-15-16-17-18-19-20-22-23-25-27-34(40)48-29-32(50-35(41)28-26-24-21-10-8-6-4-2)30-49-39-38(44)37(43)36(42)33(51-39)31-52(45,46)47/h11-12,14-15,32-33,36-39,42-44H,3-10,13,16-31H2,1-2H3,(H,45,46,47)/b12-11+,15-14+/t32-,33-,36-,37?,38?,39+/m1/s1. The third-order valence-electron chi connectivity index (χ3n) is 9.03. The number of unbranched alkanes of at least 4 members (excludes halogenated alkanes) is 16. The number of esters is 2. The van der Waals surface area contributed by atoms with Gasteiger partial charge in [-0.2, -0.15) is 8.42 Å². The van der Waals surface area contributed by atoms with Crippen LogP contribution in [-0.2, 0) is 38.7 Å². The molecule has 0 bridgehead atoms. The highest BCUT2D eigenvalue weighted by Gasteiger charge is 2.46. The summed E-state index contributed by atoms with van der Waals surface area (Å²) in [4.78, 5) is 25.1. The quantitative estimate of drug-likeness (QED) is 0.0241. The predicted molar refractivity (Wildman–Crippen MR) is 201 cm³/mol. The van der Waals surface area contributed by atoms with Gasteiger partial charge in [-0.3, -0.25) is 14.1 Å². The van der Waals surface area contributed by atoms with Crippen LogP contribution in [0.25, 0.3) is 0 Å². The first kappa shape index (κ1) is 48.1. The van der Waals surface area contributed by atoms with Gasteiger partial charge >= 0.3 is 11.9 Å². The molecule has 12 nitrogen and oxygen atoms in total. The second-order valence-corrected chi connectivity index (χ2v) is 15.4. The van der Waals surface area contributed by atoms with E-state index >= 15 is 0 Å². The number of carbonyl (C=O) groups is 2. The fourth-order valence-corrected chi connectivity index (χ4v) is 6.57. The van der Waals surface area contributed by atoms with E-state index in [1.54, 1.807) is 0 Å². The van der Waals surface area contributed by atoms with E-state index in [2.05, 4.69) is 38.2 Å². The van der Waals surface area contributed by atoms with Crippen molar-refractivity contribution in [1.82, 2.24) is 0 Å². The van der Waals surface area contributed by atoms with Gasteiger partial charge in [0.1, 0.15) is 36.8 Å². The Morgan fingerprint density at radius 1 is 0.654 bits per heavy atom. The lowest BCUT2D eigenvalue weighted by molar-refractivity contribution is -0.297. The van der Waals surface area contributed by atoms with E-state index in [9.17, 15) is 37.9 Å². The number of ether oxygens (including phenoxy) is 4. The smallest absolute Gasteiger partial charge is 0.306 e. The van der Waals surface area contributed by atoms with Crippen LogP contribution in [0.15, 0.2) is 24.3 Å². The monoisotopic (exact) mass is 762 g/mol. The number of aliphatic hydroxyl groups is 3. The summed E-state index contributed by atoms with van der Waals surface area (Å²) in [6.45, 7) is 3.65. The van der Waals surface area contributed by atoms with Crippen LogP contribution >= 0.6 is 0 Å². The molecule has 6 atom stereocenters. The SMILES string of the molecule is CCCCC/C=C/C/C=C/CCCCCCCCCC(=O)OC[C@H](CO[C@H]1O[C@H](CS(=O)(=O)O)[C@@H](O)C(O)C1O)OC(=O)CCCCCCCCC. The molecule has 52 heavy (non-hydrogen) atoms. The molecule has 0 aromatic heterocycles. The lowest BCUT2D eigenvalue weighted by Gasteiger charge is -2.40. The highest BCUT2D eigenvalue weighted by atomic mass is 32.2. The molecule has 0 aromatic carbocycles. The van der Waals surface area contributed by atoms with Crippen LogP contribution in [0.4, 0.5) is 0 Å². The van der Waals surface area contributed by atoms with Gasteiger partial charge in [-0.1, -0.05) is 122 Å². The zero-order chi connectivity index (χ0) is 38.5. The fourth-order valence-electron chi connectivity index (χ4n) is 5.88. The van der Waals surface area contributed by atoms with Gasteiger partial charge < -0.3 is 34.3 Å². The average molecular weight is 763 g/mol. The molecule has 0 amide bonds. The van der Waals surface area contributed by atoms with Gasteiger partial charge in [0.15, 0.2) is 12.4 Å². The zero-order valence-electron chi connectivity index (χ0n) is 31.9. The van der Waals surface area contributed by atoms with E-state index in [0.717, 1.165) is 70.6 Å². The third-order valence-corrected chi connectivity index (χ3v) is 9.78. The van der Waals surface area contributed by atoms with E-state index in [1.807, 2.05) is 0 Å². The van der Waals surface area contributed by atoms with E-state index in [0.29, 0.717) is 12.8 Å². The molecule has 0 saturated carbocycles. The second-order valence-electron chi connectivity index (χ2n) is 14.0. The minimum absolute atomic E-state index is 0.162. The van der Waals surface area contributed by atoms with Gasteiger partial charge in [-0.25, -0.2) is 0 Å². The Bertz CT molecular complexity index is 1080. The number of allylic oxidation sites excluding steroid dienone is 4. The Labute approximate surface area is 313 Å². The molecule has 304 valence electrons. The molecule has 0 aromatic rings. The average Bonchev–Trinajstić information content (AvgIpc) is 3.10. The summed E-state index contributed by atoms with van der Waals surface area (Å²) in [5, 5.41) is 30.7. The fraction of sp³-hybridized carbons (Fsp3) is 0.846. The first-order chi connectivity index (χ1) is 25.0. The van der Waals surface area contributed by atoms with Crippen molar-refractivity contribution in [3.63, 3.8) is 0 Å². The molecule has 13 heteroatoms. The van der Waals surface area contributed by atoms with Gasteiger partial charge in [0, 0.05) is 12.8 Å². The van der Waals surface area contributed by atoms with Crippen LogP contribution in [0, 0.1) is 0 Å². The lowest BCUT2D eigenvalue weighted by Crippen LogP contribution is -2.60. The minimum atomic E-state index is -4.59. The van der Waals surface area contributed by atoms with Crippen molar-refractivity contribution in [1.29, 1.82) is 0 Å². The molecule has 1 aliphatic heterocycles. The molecule has 1 saturated heterocycles. The molecule has 1 fully saturated rings. The summed E-state index contributed by atoms with van der Waals surface area (Å²) in [5.74, 6) is -2.00. The maximum atomic E-state index is 12.6. The topological polar surface area (TPSA) is 186 Å². The molecular formula is C39H70O12S. The summed E-state index contributed by atoms with van der Waals surface area (Å²) in [6.07, 6.45) is 21.2. The van der Waals surface area contributed by atoms with Crippen molar-refractivity contribution < 1.29 is 56.8 Å². The van der Waals surface area contributed by atoms with E-state index < -0.39 is 71.2 Å². The molecular weight excluding hydrogens is 692 g/mol. The zero-order valence-corrected chi connectivity index (χ0v) is 32.7. The molecule has 0 aliphatic carbocycles. The van der Waals surface area contributed by atoms with Crippen LogP contribution in [0.5, 0.6) is 0 Å². The maximum absolute atomic E-state index is 12.6. The minimum Gasteiger partial charge on any atom is -0.462 e. The number of aliphatic hydroxyl groups excluding tert-OH is 3. The van der Waals surface area contributed by atoms with Crippen molar-refractivity contribution in [3.05, 3.63) is 24.3 Å².